The Morgan fingerprint density at radius 2 is 2.23 bits per heavy atom. The minimum atomic E-state index is -0.670. The number of nitrogens with zero attached hydrogens (tertiary/aromatic N) is 3. The van der Waals surface area contributed by atoms with Crippen LogP contribution in [0.4, 0.5) is 23.1 Å². The predicted molar refractivity (Wildman–Crippen MR) is 114 cm³/mol. The Labute approximate surface area is 173 Å². The van der Waals surface area contributed by atoms with Crippen molar-refractivity contribution >= 4 is 41.5 Å². The number of primary amides is 1. The van der Waals surface area contributed by atoms with Gasteiger partial charge in [-0.05, 0) is 25.3 Å². The summed E-state index contributed by atoms with van der Waals surface area (Å²) in [6, 6.07) is 6.67. The number of nitrogens with two attached hydrogens (primary N) is 3. The standard InChI is InChI=1S/C19H25N9O2/c20-7-8-24-28-12-4-1-3-11(9-12)25-18-13(17(22)30)10-23-19(27-18)26-16-14(21)5-2-6-15(16)29/h1,3-4,7-10,14-16,20,28-29H,2,5-6,21H2,(H2,22,30)(H2,23,25,26,27)/p+1. The Morgan fingerprint density at radius 3 is 2.97 bits per heavy atom. The van der Waals surface area contributed by atoms with Crippen molar-refractivity contribution in [3.05, 3.63) is 36.0 Å². The van der Waals surface area contributed by atoms with Gasteiger partial charge in [-0.1, -0.05) is 11.2 Å². The van der Waals surface area contributed by atoms with Crippen LogP contribution in [0.5, 0.6) is 0 Å². The highest BCUT2D eigenvalue weighted by Crippen LogP contribution is 2.24. The van der Waals surface area contributed by atoms with Crippen LogP contribution < -0.4 is 27.5 Å². The summed E-state index contributed by atoms with van der Waals surface area (Å²) in [6.45, 7) is 0. The number of aromatic nitrogens is 2. The molecule has 0 saturated heterocycles. The number of quaternary nitrogens is 1. The molecule has 1 saturated carbocycles. The van der Waals surface area contributed by atoms with Gasteiger partial charge < -0.3 is 32.6 Å². The van der Waals surface area contributed by atoms with Crippen molar-refractivity contribution < 1.29 is 15.3 Å². The van der Waals surface area contributed by atoms with Gasteiger partial charge in [0.15, 0.2) is 5.69 Å². The van der Waals surface area contributed by atoms with Crippen LogP contribution in [0.15, 0.2) is 35.6 Å². The van der Waals surface area contributed by atoms with E-state index in [9.17, 15) is 9.90 Å². The summed E-state index contributed by atoms with van der Waals surface area (Å²) in [5.74, 6) is -0.196. The van der Waals surface area contributed by atoms with E-state index in [1.54, 1.807) is 11.5 Å². The summed E-state index contributed by atoms with van der Waals surface area (Å²) >= 11 is 0. The summed E-state index contributed by atoms with van der Waals surface area (Å²) in [4.78, 5) is 20.4. The van der Waals surface area contributed by atoms with Gasteiger partial charge in [-0.15, -0.1) is 0 Å². The summed E-state index contributed by atoms with van der Waals surface area (Å²) in [5.41, 5.74) is 14.8. The van der Waals surface area contributed by atoms with Gasteiger partial charge in [0.2, 0.25) is 5.95 Å². The van der Waals surface area contributed by atoms with Gasteiger partial charge in [-0.2, -0.15) is 10.4 Å². The van der Waals surface area contributed by atoms with Crippen LogP contribution in [0.2, 0.25) is 0 Å². The zero-order chi connectivity index (χ0) is 21.5. The number of aliphatic hydroxyl groups is 1. The molecule has 10 N–H and O–H groups in total. The first kappa shape index (κ1) is 21.3. The number of nitrogens with one attached hydrogen (secondary N) is 3. The molecule has 1 aliphatic rings. The lowest BCUT2D eigenvalue weighted by Gasteiger charge is -2.33. The largest absolute Gasteiger partial charge is 0.391 e. The Bertz CT molecular complexity index is 924. The van der Waals surface area contributed by atoms with Gasteiger partial charge in [0.05, 0.1) is 12.1 Å². The monoisotopic (exact) mass is 412 g/mol. The third kappa shape index (κ3) is 5.35. The van der Waals surface area contributed by atoms with Crippen LogP contribution in [0.1, 0.15) is 29.6 Å². The Kier molecular flexibility index (Phi) is 7.01. The smallest absolute Gasteiger partial charge is 0.254 e. The van der Waals surface area contributed by atoms with Crippen LogP contribution >= 0.6 is 0 Å². The molecular weight excluding hydrogens is 386 g/mol. The van der Waals surface area contributed by atoms with E-state index in [1.165, 1.54) is 12.4 Å². The molecule has 11 nitrogen and oxygen atoms in total. The van der Waals surface area contributed by atoms with E-state index in [0.717, 1.165) is 24.7 Å². The number of rotatable bonds is 8. The Hall–Kier alpha value is -3.41. The first-order valence-electron chi connectivity index (χ1n) is 9.57. The van der Waals surface area contributed by atoms with E-state index in [4.69, 9.17) is 16.9 Å². The van der Waals surface area contributed by atoms with Crippen LogP contribution in [0.25, 0.3) is 0 Å². The molecule has 3 rings (SSSR count). The second-order valence-corrected chi connectivity index (χ2v) is 7.00. The van der Waals surface area contributed by atoms with E-state index in [-0.39, 0.29) is 29.4 Å². The molecule has 0 spiro atoms. The zero-order valence-corrected chi connectivity index (χ0v) is 16.3. The summed E-state index contributed by atoms with van der Waals surface area (Å²) in [6.07, 6.45) is 5.50. The van der Waals surface area contributed by atoms with Gasteiger partial charge in [-0.3, -0.25) is 4.79 Å². The summed E-state index contributed by atoms with van der Waals surface area (Å²) in [7, 11) is 0. The minimum absolute atomic E-state index is 0.130. The number of anilines is 3. The average Bonchev–Trinajstić information content (AvgIpc) is 2.71. The SMILES string of the molecule is N=CC=N[NH2+]c1cccc(Nc2nc(NC3C(N)CCCC3O)ncc2C(N)=O)c1. The molecule has 1 fully saturated rings. The fraction of sp³-hybridized carbons (Fsp3) is 0.316. The fourth-order valence-corrected chi connectivity index (χ4v) is 3.29. The third-order valence-corrected chi connectivity index (χ3v) is 4.80. The highest BCUT2D eigenvalue weighted by atomic mass is 16.3. The molecule has 1 aliphatic carbocycles. The van der Waals surface area contributed by atoms with Crippen molar-refractivity contribution in [1.82, 2.24) is 9.97 Å². The molecule has 158 valence electrons. The van der Waals surface area contributed by atoms with E-state index in [1.807, 2.05) is 18.2 Å². The molecule has 3 atom stereocenters. The molecule has 0 bridgehead atoms. The molecular formula is C19H26N9O2+. The predicted octanol–water partition coefficient (Wildman–Crippen LogP) is -0.198. The molecule has 0 radical (unpaired) electrons. The first-order valence-corrected chi connectivity index (χ1v) is 9.57. The average molecular weight is 412 g/mol. The molecule has 1 aromatic heterocycles. The molecule has 1 amide bonds. The second kappa shape index (κ2) is 9.87. The maximum absolute atomic E-state index is 11.8. The highest BCUT2D eigenvalue weighted by molar-refractivity contribution is 6.14. The van der Waals surface area contributed by atoms with E-state index >= 15 is 0 Å². The number of aliphatic hydroxyl groups excluding tert-OH is 1. The van der Waals surface area contributed by atoms with Gasteiger partial charge in [0.1, 0.15) is 17.6 Å². The van der Waals surface area contributed by atoms with Gasteiger partial charge in [0.25, 0.3) is 5.91 Å². The molecule has 1 aromatic carbocycles. The van der Waals surface area contributed by atoms with Crippen LogP contribution in [-0.4, -0.2) is 51.6 Å². The first-order chi connectivity index (χ1) is 14.5. The molecule has 0 aliphatic heterocycles. The maximum Gasteiger partial charge on any atom is 0.254 e. The number of carbonyl (C=O) groups excluding carboxylic acids is 1. The lowest BCUT2D eigenvalue weighted by molar-refractivity contribution is -0.576. The summed E-state index contributed by atoms with van der Waals surface area (Å²) in [5, 5.41) is 27.4. The number of amides is 1. The van der Waals surface area contributed by atoms with Crippen molar-refractivity contribution in [3.63, 3.8) is 0 Å². The minimum Gasteiger partial charge on any atom is -0.391 e. The van der Waals surface area contributed by atoms with Crippen molar-refractivity contribution in [2.24, 2.45) is 16.6 Å². The molecule has 3 unspecified atom stereocenters. The molecule has 11 heteroatoms. The number of carbonyl (C=O) groups is 1. The van der Waals surface area contributed by atoms with E-state index in [0.29, 0.717) is 12.1 Å². The number of hydrogen-bond donors (Lipinski definition) is 7. The topological polar surface area (TPSA) is 192 Å². The van der Waals surface area contributed by atoms with Crippen LogP contribution in [0.3, 0.4) is 0 Å². The molecule has 30 heavy (non-hydrogen) atoms. The zero-order valence-electron chi connectivity index (χ0n) is 16.3. The molecule has 2 aromatic rings. The quantitative estimate of drug-likeness (QED) is 0.135. The lowest BCUT2D eigenvalue weighted by atomic mass is 9.88. The van der Waals surface area contributed by atoms with Crippen molar-refractivity contribution in [3.8, 4) is 0 Å². The third-order valence-electron chi connectivity index (χ3n) is 4.80. The lowest BCUT2D eigenvalue weighted by Crippen LogP contribution is -2.71. The van der Waals surface area contributed by atoms with Gasteiger partial charge in [-0.25, -0.2) is 4.98 Å². The fourth-order valence-electron chi connectivity index (χ4n) is 3.29. The second-order valence-electron chi connectivity index (χ2n) is 7.00. The summed E-state index contributed by atoms with van der Waals surface area (Å²) < 4.78 is 0. The maximum atomic E-state index is 11.8. The van der Waals surface area contributed by atoms with Gasteiger partial charge >= 0.3 is 0 Å². The van der Waals surface area contributed by atoms with Gasteiger partial charge in [0, 0.05) is 36.3 Å². The van der Waals surface area contributed by atoms with Crippen molar-refractivity contribution in [1.29, 1.82) is 5.41 Å². The number of hydrogen-bond acceptors (Lipinski definition) is 9. The Balaban J connectivity index is 1.83. The number of benzene rings is 1. The van der Waals surface area contributed by atoms with Crippen molar-refractivity contribution in [2.45, 2.75) is 37.5 Å². The van der Waals surface area contributed by atoms with Crippen LogP contribution in [-0.2, 0) is 0 Å². The van der Waals surface area contributed by atoms with Crippen LogP contribution in [0, 0.1) is 5.41 Å². The highest BCUT2D eigenvalue weighted by Gasteiger charge is 2.30. The van der Waals surface area contributed by atoms with Crippen molar-refractivity contribution in [2.75, 3.05) is 10.6 Å². The van der Waals surface area contributed by atoms with E-state index < -0.39 is 12.0 Å². The molecule has 1 heterocycles. The normalized spacial score (nSPS) is 21.3. The Morgan fingerprint density at radius 1 is 1.40 bits per heavy atom. The van der Waals surface area contributed by atoms with E-state index in [2.05, 4.69) is 25.7 Å².